The molecule has 2 nitrogen and oxygen atoms in total. The van der Waals surface area contributed by atoms with E-state index in [9.17, 15) is 26.3 Å². The predicted octanol–water partition coefficient (Wildman–Crippen LogP) is 6.17. The lowest BCUT2D eigenvalue weighted by Gasteiger charge is -2.14. The molecule has 9 heteroatoms. The molecule has 2 aromatic rings. The summed E-state index contributed by atoms with van der Waals surface area (Å²) in [6.45, 7) is 1.95. The minimum absolute atomic E-state index is 0. The smallest absolute Gasteiger partial charge is 0.416 e. The summed E-state index contributed by atoms with van der Waals surface area (Å²) in [5.74, 6) is -0.130. The Morgan fingerprint density at radius 1 is 0.846 bits per heavy atom. The molecule has 0 fully saturated rings. The largest absolute Gasteiger partial charge is 0.478 e. The Labute approximate surface area is 151 Å². The number of rotatable bonds is 3. The molecular formula is C17H14ClF6NO. The van der Waals surface area contributed by atoms with Gasteiger partial charge in [-0.2, -0.15) is 26.3 Å². The van der Waals surface area contributed by atoms with Gasteiger partial charge in [0.2, 0.25) is 5.90 Å². The number of alkyl halides is 6. The van der Waals surface area contributed by atoms with Crippen LogP contribution in [0, 0.1) is 5.41 Å². The molecule has 0 bridgehead atoms. The van der Waals surface area contributed by atoms with E-state index in [0.717, 1.165) is 0 Å². The summed E-state index contributed by atoms with van der Waals surface area (Å²) < 4.78 is 82.4. The molecule has 0 aliphatic carbocycles. The Kier molecular flexibility index (Phi) is 6.70. The Morgan fingerprint density at radius 3 is 1.69 bits per heavy atom. The van der Waals surface area contributed by atoms with Crippen LogP contribution in [-0.4, -0.2) is 12.5 Å². The van der Waals surface area contributed by atoms with Gasteiger partial charge in [-0.1, -0.05) is 12.1 Å². The SMILES string of the molecule is CCOC(=N)c1ccc(-c2cc(C(F)(F)F)cc(C(F)(F)F)c2)cc1.Cl. The molecule has 0 aromatic heterocycles. The second kappa shape index (κ2) is 7.99. The molecular weight excluding hydrogens is 384 g/mol. The number of hydrogen-bond acceptors (Lipinski definition) is 2. The first-order chi connectivity index (χ1) is 11.5. The number of benzene rings is 2. The lowest BCUT2D eigenvalue weighted by Crippen LogP contribution is -2.11. The molecule has 2 aromatic carbocycles. The number of nitrogens with one attached hydrogen (secondary N) is 1. The van der Waals surface area contributed by atoms with Gasteiger partial charge in [0.1, 0.15) is 0 Å². The second-order valence-electron chi connectivity index (χ2n) is 5.13. The topological polar surface area (TPSA) is 33.1 Å². The van der Waals surface area contributed by atoms with E-state index in [-0.39, 0.29) is 42.1 Å². The van der Waals surface area contributed by atoms with Crippen LogP contribution >= 0.6 is 12.4 Å². The zero-order valence-electron chi connectivity index (χ0n) is 13.3. The molecule has 0 heterocycles. The minimum Gasteiger partial charge on any atom is -0.478 e. The summed E-state index contributed by atoms with van der Waals surface area (Å²) >= 11 is 0. The molecule has 0 saturated carbocycles. The summed E-state index contributed by atoms with van der Waals surface area (Å²) in [7, 11) is 0. The van der Waals surface area contributed by atoms with Gasteiger partial charge >= 0.3 is 12.4 Å². The Hall–Kier alpha value is -2.22. The van der Waals surface area contributed by atoms with Gasteiger partial charge in [-0.05, 0) is 48.4 Å². The van der Waals surface area contributed by atoms with Gasteiger partial charge in [-0.3, -0.25) is 5.41 Å². The summed E-state index contributed by atoms with van der Waals surface area (Å²) in [5, 5.41) is 7.62. The third-order valence-corrected chi connectivity index (χ3v) is 3.36. The fourth-order valence-corrected chi connectivity index (χ4v) is 2.16. The number of ether oxygens (including phenoxy) is 1. The molecule has 2 rings (SSSR count). The molecule has 0 saturated heterocycles. The van der Waals surface area contributed by atoms with Gasteiger partial charge in [0.25, 0.3) is 0 Å². The quantitative estimate of drug-likeness (QED) is 0.375. The van der Waals surface area contributed by atoms with Crippen molar-refractivity contribution in [2.75, 3.05) is 6.61 Å². The average Bonchev–Trinajstić information content (AvgIpc) is 2.53. The fraction of sp³-hybridized carbons (Fsp3) is 0.235. The van der Waals surface area contributed by atoms with Crippen molar-refractivity contribution in [3.63, 3.8) is 0 Å². The van der Waals surface area contributed by atoms with Crippen molar-refractivity contribution in [1.29, 1.82) is 5.41 Å². The maximum absolute atomic E-state index is 12.9. The zero-order valence-corrected chi connectivity index (χ0v) is 14.1. The first-order valence-corrected chi connectivity index (χ1v) is 7.14. The fourth-order valence-electron chi connectivity index (χ4n) is 2.16. The summed E-state index contributed by atoms with van der Waals surface area (Å²) in [6, 6.07) is 6.91. The van der Waals surface area contributed by atoms with Crippen molar-refractivity contribution in [3.8, 4) is 11.1 Å². The van der Waals surface area contributed by atoms with Crippen molar-refractivity contribution >= 4 is 18.3 Å². The average molecular weight is 398 g/mol. The third-order valence-electron chi connectivity index (χ3n) is 3.36. The van der Waals surface area contributed by atoms with Crippen molar-refractivity contribution in [1.82, 2.24) is 0 Å². The van der Waals surface area contributed by atoms with Crippen molar-refractivity contribution < 1.29 is 31.1 Å². The molecule has 26 heavy (non-hydrogen) atoms. The van der Waals surface area contributed by atoms with Crippen LogP contribution in [0.2, 0.25) is 0 Å². The van der Waals surface area contributed by atoms with Crippen LogP contribution in [0.5, 0.6) is 0 Å². The second-order valence-corrected chi connectivity index (χ2v) is 5.13. The predicted molar refractivity (Wildman–Crippen MR) is 87.6 cm³/mol. The number of hydrogen-bond donors (Lipinski definition) is 1. The monoisotopic (exact) mass is 397 g/mol. The van der Waals surface area contributed by atoms with E-state index in [0.29, 0.717) is 17.7 Å². The van der Waals surface area contributed by atoms with Crippen LogP contribution in [0.4, 0.5) is 26.3 Å². The van der Waals surface area contributed by atoms with Gasteiger partial charge in [0.15, 0.2) is 0 Å². The Balaban J connectivity index is 0.00000338. The standard InChI is InChI=1S/C17H13F6NO.ClH/c1-2-25-15(24)11-5-3-10(4-6-11)12-7-13(16(18,19)20)9-14(8-12)17(21,22)23;/h3-9,24H,2H2,1H3;1H. The minimum atomic E-state index is -4.90. The summed E-state index contributed by atoms with van der Waals surface area (Å²) in [6.07, 6.45) is -9.79. The molecule has 1 N–H and O–H groups in total. The number of halogens is 7. The normalized spacial score (nSPS) is 11.7. The summed E-state index contributed by atoms with van der Waals surface area (Å²) in [4.78, 5) is 0. The van der Waals surface area contributed by atoms with Gasteiger partial charge in [-0.15, -0.1) is 12.4 Å². The van der Waals surface area contributed by atoms with Gasteiger partial charge < -0.3 is 4.74 Å². The maximum Gasteiger partial charge on any atom is 0.416 e. The highest BCUT2D eigenvalue weighted by molar-refractivity contribution is 5.92. The van der Waals surface area contributed by atoms with E-state index in [4.69, 9.17) is 10.1 Å². The van der Waals surface area contributed by atoms with Crippen molar-refractivity contribution in [2.24, 2.45) is 0 Å². The van der Waals surface area contributed by atoms with E-state index in [2.05, 4.69) is 0 Å². The maximum atomic E-state index is 12.9. The van der Waals surface area contributed by atoms with Gasteiger partial charge in [0.05, 0.1) is 17.7 Å². The molecule has 0 aliphatic rings. The highest BCUT2D eigenvalue weighted by Crippen LogP contribution is 2.38. The van der Waals surface area contributed by atoms with Gasteiger partial charge in [-0.25, -0.2) is 0 Å². The molecule has 0 aliphatic heterocycles. The van der Waals surface area contributed by atoms with Crippen molar-refractivity contribution in [3.05, 3.63) is 59.2 Å². The highest BCUT2D eigenvalue weighted by atomic mass is 35.5. The molecule has 0 radical (unpaired) electrons. The van der Waals surface area contributed by atoms with Crippen LogP contribution in [-0.2, 0) is 17.1 Å². The lowest BCUT2D eigenvalue weighted by atomic mass is 9.98. The molecule has 0 unspecified atom stereocenters. The first-order valence-electron chi connectivity index (χ1n) is 7.14. The molecule has 0 amide bonds. The summed E-state index contributed by atoms with van der Waals surface area (Å²) in [5.41, 5.74) is -2.41. The van der Waals surface area contributed by atoms with E-state index < -0.39 is 23.5 Å². The van der Waals surface area contributed by atoms with Crippen LogP contribution in [0.25, 0.3) is 11.1 Å². The van der Waals surface area contributed by atoms with E-state index >= 15 is 0 Å². The van der Waals surface area contributed by atoms with Crippen LogP contribution in [0.1, 0.15) is 23.6 Å². The molecule has 0 atom stereocenters. The first kappa shape index (κ1) is 21.8. The van der Waals surface area contributed by atoms with Crippen molar-refractivity contribution in [2.45, 2.75) is 19.3 Å². The Morgan fingerprint density at radius 2 is 1.31 bits per heavy atom. The molecule has 142 valence electrons. The third kappa shape index (κ3) is 5.14. The van der Waals surface area contributed by atoms with Crippen LogP contribution < -0.4 is 0 Å². The zero-order chi connectivity index (χ0) is 18.8. The van der Waals surface area contributed by atoms with E-state index in [1.807, 2.05) is 0 Å². The van der Waals surface area contributed by atoms with Crippen LogP contribution in [0.15, 0.2) is 42.5 Å². The van der Waals surface area contributed by atoms with Gasteiger partial charge in [0, 0.05) is 5.56 Å². The Bertz CT molecular complexity index is 736. The van der Waals surface area contributed by atoms with E-state index in [1.165, 1.54) is 24.3 Å². The molecule has 0 spiro atoms. The van der Waals surface area contributed by atoms with Crippen LogP contribution in [0.3, 0.4) is 0 Å². The lowest BCUT2D eigenvalue weighted by molar-refractivity contribution is -0.143. The van der Waals surface area contributed by atoms with E-state index in [1.54, 1.807) is 6.92 Å². The highest BCUT2D eigenvalue weighted by Gasteiger charge is 2.36.